The zero-order valence-electron chi connectivity index (χ0n) is 64.9. The van der Waals surface area contributed by atoms with Gasteiger partial charge >= 0.3 is 0 Å². The molecule has 0 aliphatic carbocycles. The van der Waals surface area contributed by atoms with E-state index < -0.39 is 124 Å². The van der Waals surface area contributed by atoms with Gasteiger partial charge in [0.25, 0.3) is 0 Å². The van der Waals surface area contributed by atoms with Crippen LogP contribution in [0, 0.1) is 0 Å². The average Bonchev–Trinajstić information content (AvgIpc) is 0.779. The Balaban J connectivity index is 1.29. The molecule has 0 spiro atoms. The van der Waals surface area contributed by atoms with E-state index in [1.165, 1.54) is 308 Å². The first-order chi connectivity index (χ1) is 49.8. The number of allylic oxidation sites excluding steroid dienone is 1. The molecule has 0 radical (unpaired) electrons. The van der Waals surface area contributed by atoms with Crippen molar-refractivity contribution in [2.24, 2.45) is 0 Å². The van der Waals surface area contributed by atoms with Crippen LogP contribution in [0.25, 0.3) is 0 Å². The van der Waals surface area contributed by atoms with Crippen molar-refractivity contribution in [1.29, 1.82) is 0 Å². The molecule has 0 aromatic rings. The quantitative estimate of drug-likeness (QED) is 0.0199. The van der Waals surface area contributed by atoms with E-state index in [0.717, 1.165) is 44.9 Å². The molecule has 3 fully saturated rings. The van der Waals surface area contributed by atoms with E-state index in [4.69, 9.17) is 28.4 Å². The van der Waals surface area contributed by atoms with Crippen LogP contribution in [0.5, 0.6) is 0 Å². The van der Waals surface area contributed by atoms with Gasteiger partial charge in [0.1, 0.15) is 73.2 Å². The lowest BCUT2D eigenvalue weighted by Crippen LogP contribution is -2.66. The van der Waals surface area contributed by atoms with Crippen LogP contribution in [0.15, 0.2) is 12.2 Å². The third-order valence-corrected chi connectivity index (χ3v) is 21.8. The molecule has 17 unspecified atom stereocenters. The van der Waals surface area contributed by atoms with Crippen LogP contribution in [0.4, 0.5) is 0 Å². The molecule has 102 heavy (non-hydrogen) atoms. The van der Waals surface area contributed by atoms with E-state index in [9.17, 15) is 61.0 Å². The first-order valence-corrected chi connectivity index (χ1v) is 42.9. The van der Waals surface area contributed by atoms with Crippen molar-refractivity contribution in [3.05, 3.63) is 12.2 Å². The number of carbonyl (C=O) groups is 1. The normalized spacial score (nSPS) is 26.1. The predicted octanol–water partition coefficient (Wildman–Crippen LogP) is 15.1. The number of nitrogens with one attached hydrogen (secondary N) is 1. The van der Waals surface area contributed by atoms with Crippen LogP contribution in [0.3, 0.4) is 0 Å². The van der Waals surface area contributed by atoms with Crippen molar-refractivity contribution in [3.8, 4) is 0 Å². The first kappa shape index (κ1) is 94.7. The van der Waals surface area contributed by atoms with Gasteiger partial charge in [-0.25, -0.2) is 0 Å². The van der Waals surface area contributed by atoms with E-state index in [1.54, 1.807) is 6.08 Å². The largest absolute Gasteiger partial charge is 0.394 e. The zero-order valence-corrected chi connectivity index (χ0v) is 64.9. The van der Waals surface area contributed by atoms with E-state index in [2.05, 4.69) is 19.2 Å². The summed E-state index contributed by atoms with van der Waals surface area (Å²) >= 11 is 0. The summed E-state index contributed by atoms with van der Waals surface area (Å²) < 4.78 is 34.5. The maximum Gasteiger partial charge on any atom is 0.220 e. The SMILES string of the molecule is CCCCCCCCCCCCCCCCCC/C=C/C(O)C(COC1OC(CO)C(OC2OC(CO)C(OC3OC(CO)C(O)C(O)C3O)C(O)C2O)C(O)C1O)NC(=O)CCCCCCCCCCCCCCCCCCCCCCCCCCCCCCCCCCCCCCCCC. The lowest BCUT2D eigenvalue weighted by atomic mass is 9.96. The Labute approximate surface area is 620 Å². The van der Waals surface area contributed by atoms with Gasteiger partial charge in [-0.15, -0.1) is 0 Å². The predicted molar refractivity (Wildman–Crippen MR) is 407 cm³/mol. The molecule has 3 aliphatic rings. The second kappa shape index (κ2) is 64.4. The number of unbranched alkanes of at least 4 members (excludes halogenated alkanes) is 54. The highest BCUT2D eigenvalue weighted by Gasteiger charge is 2.54. The summed E-state index contributed by atoms with van der Waals surface area (Å²) in [6.07, 6.45) is 51.0. The Morgan fingerprint density at radius 2 is 0.608 bits per heavy atom. The molecule has 19 heteroatoms. The molecule has 0 saturated carbocycles. The van der Waals surface area contributed by atoms with Crippen LogP contribution in [0.2, 0.25) is 0 Å². The molecule has 17 atom stereocenters. The molecule has 0 aromatic carbocycles. The molecule has 3 aliphatic heterocycles. The molecular formula is C83H159NO18. The molecular weight excluding hydrogens is 1300 g/mol. The number of hydrogen-bond donors (Lipinski definition) is 12. The minimum Gasteiger partial charge on any atom is -0.394 e. The number of rotatable bonds is 70. The summed E-state index contributed by atoms with van der Waals surface area (Å²) in [4.78, 5) is 13.5. The fourth-order valence-corrected chi connectivity index (χ4v) is 15.0. The first-order valence-electron chi connectivity index (χ1n) is 42.9. The van der Waals surface area contributed by atoms with E-state index in [0.29, 0.717) is 6.42 Å². The van der Waals surface area contributed by atoms with Crippen molar-refractivity contribution in [1.82, 2.24) is 5.32 Å². The topological polar surface area (TPSA) is 307 Å². The van der Waals surface area contributed by atoms with Crippen molar-refractivity contribution in [2.45, 2.75) is 484 Å². The molecule has 3 saturated heterocycles. The van der Waals surface area contributed by atoms with Crippen molar-refractivity contribution in [3.63, 3.8) is 0 Å². The summed E-state index contributed by atoms with van der Waals surface area (Å²) in [5.41, 5.74) is 0. The molecule has 12 N–H and O–H groups in total. The van der Waals surface area contributed by atoms with E-state index in [-0.39, 0.29) is 18.9 Å². The summed E-state index contributed by atoms with van der Waals surface area (Å²) in [6.45, 7) is 1.80. The van der Waals surface area contributed by atoms with E-state index >= 15 is 0 Å². The zero-order chi connectivity index (χ0) is 73.9. The summed E-state index contributed by atoms with van der Waals surface area (Å²) in [5, 5.41) is 121. The maximum absolute atomic E-state index is 13.5. The van der Waals surface area contributed by atoms with Gasteiger partial charge < -0.3 is 89.9 Å². The smallest absolute Gasteiger partial charge is 0.220 e. The van der Waals surface area contributed by atoms with Gasteiger partial charge in [0.2, 0.25) is 5.91 Å². The number of ether oxygens (including phenoxy) is 6. The van der Waals surface area contributed by atoms with Crippen LogP contribution in [0.1, 0.15) is 380 Å². The third-order valence-electron chi connectivity index (χ3n) is 21.8. The van der Waals surface area contributed by atoms with Crippen molar-refractivity contribution < 1.29 is 89.4 Å². The fourth-order valence-electron chi connectivity index (χ4n) is 15.0. The Bertz CT molecular complexity index is 1890. The molecule has 19 nitrogen and oxygen atoms in total. The number of carbonyl (C=O) groups excluding carboxylic acids is 1. The molecule has 3 heterocycles. The van der Waals surface area contributed by atoms with Crippen molar-refractivity contribution >= 4 is 5.91 Å². The number of aliphatic hydroxyl groups excluding tert-OH is 11. The van der Waals surface area contributed by atoms with Gasteiger partial charge in [-0.1, -0.05) is 366 Å². The average molecular weight is 1460 g/mol. The molecule has 3 rings (SSSR count). The van der Waals surface area contributed by atoms with Gasteiger partial charge in [-0.3, -0.25) is 4.79 Å². The lowest BCUT2D eigenvalue weighted by molar-refractivity contribution is -0.379. The van der Waals surface area contributed by atoms with Gasteiger partial charge in [-0.05, 0) is 19.3 Å². The van der Waals surface area contributed by atoms with Gasteiger partial charge in [-0.2, -0.15) is 0 Å². The Kier molecular flexibility index (Phi) is 59.8. The molecule has 0 aromatic heterocycles. The highest BCUT2D eigenvalue weighted by molar-refractivity contribution is 5.76. The van der Waals surface area contributed by atoms with Crippen LogP contribution >= 0.6 is 0 Å². The second-order valence-electron chi connectivity index (χ2n) is 31.0. The second-order valence-corrected chi connectivity index (χ2v) is 31.0. The standard InChI is InChI=1S/C83H159NO18/c1-3-5-7-9-11-13-15-17-19-21-23-24-25-26-27-28-29-30-31-32-33-34-35-36-37-38-39-40-41-42-43-45-47-49-51-53-55-57-59-61-71(89)84-66(67(88)60-58-56-54-52-50-48-46-44-22-20-18-16-14-12-10-8-6-4-2)65-97-81-77(95)74(92)79(69(63-86)99-81)102-83-78(96)75(93)80(70(64-87)100-83)101-82-76(94)73(91)72(90)68(62-85)98-82/h58,60,66-70,72-83,85-88,90-96H,3-57,59,61-65H2,1-2H3,(H,84,89)/b60-58+. The Morgan fingerprint density at radius 1 is 0.343 bits per heavy atom. The Hall–Kier alpha value is -1.47. The van der Waals surface area contributed by atoms with Crippen molar-refractivity contribution in [2.75, 3.05) is 26.4 Å². The lowest BCUT2D eigenvalue weighted by Gasteiger charge is -2.48. The maximum atomic E-state index is 13.5. The fraction of sp³-hybridized carbons (Fsp3) is 0.964. The molecule has 1 amide bonds. The minimum absolute atomic E-state index is 0.250. The van der Waals surface area contributed by atoms with Gasteiger partial charge in [0, 0.05) is 6.42 Å². The number of amides is 1. The summed E-state index contributed by atoms with van der Waals surface area (Å²) in [5.74, 6) is -0.266. The van der Waals surface area contributed by atoms with Crippen LogP contribution in [-0.2, 0) is 33.2 Å². The van der Waals surface area contributed by atoms with E-state index in [1.807, 2.05) is 6.08 Å². The summed E-state index contributed by atoms with van der Waals surface area (Å²) in [6, 6.07) is -0.970. The summed E-state index contributed by atoms with van der Waals surface area (Å²) in [7, 11) is 0. The van der Waals surface area contributed by atoms with Gasteiger partial charge in [0.05, 0.1) is 38.6 Å². The number of aliphatic hydroxyl groups is 11. The minimum atomic E-state index is -1.98. The Morgan fingerprint density at radius 3 is 0.922 bits per heavy atom. The third kappa shape index (κ3) is 43.7. The molecule has 604 valence electrons. The van der Waals surface area contributed by atoms with Crippen LogP contribution in [-0.4, -0.2) is 193 Å². The highest BCUT2D eigenvalue weighted by Crippen LogP contribution is 2.34. The molecule has 0 bridgehead atoms. The van der Waals surface area contributed by atoms with Crippen LogP contribution < -0.4 is 5.32 Å². The number of hydrogen-bond acceptors (Lipinski definition) is 18. The monoisotopic (exact) mass is 1460 g/mol. The highest BCUT2D eigenvalue weighted by atomic mass is 16.8. The van der Waals surface area contributed by atoms with Gasteiger partial charge in [0.15, 0.2) is 18.9 Å².